The van der Waals surface area contributed by atoms with Gasteiger partial charge >= 0.3 is 0 Å². The highest BCUT2D eigenvalue weighted by Crippen LogP contribution is 2.30. The standard InChI is InChI=1S/C28H20N2/c1-30-26-15-6-4-12-22(26)28(23-13-5-7-16-27(23)30)29-25-14-8-11-21-17-19-9-2-3-10-20(19)18-24(21)25/h2-18H,1H3. The second-order valence-corrected chi connectivity index (χ2v) is 7.75. The molecule has 0 amide bonds. The van der Waals surface area contributed by atoms with Crippen LogP contribution in [0, 0.1) is 0 Å². The summed E-state index contributed by atoms with van der Waals surface area (Å²) in [5.74, 6) is 0. The van der Waals surface area contributed by atoms with Crippen molar-refractivity contribution in [2.75, 3.05) is 0 Å². The first-order chi connectivity index (χ1) is 14.8. The molecule has 0 unspecified atom stereocenters. The van der Waals surface area contributed by atoms with E-state index < -0.39 is 0 Å². The molecule has 2 heteroatoms. The smallest absolute Gasteiger partial charge is 0.0823 e. The molecule has 5 aromatic carbocycles. The van der Waals surface area contributed by atoms with Crippen molar-refractivity contribution in [2.24, 2.45) is 12.0 Å². The lowest BCUT2D eigenvalue weighted by atomic mass is 10.0. The largest absolute Gasteiger partial charge is 0.344 e. The van der Waals surface area contributed by atoms with E-state index in [1.807, 2.05) is 0 Å². The number of hydrogen-bond donors (Lipinski definition) is 0. The molecule has 0 fully saturated rings. The number of para-hydroxylation sites is 2. The summed E-state index contributed by atoms with van der Waals surface area (Å²) < 4.78 is 2.25. The Kier molecular flexibility index (Phi) is 3.72. The fraction of sp³-hybridized carbons (Fsp3) is 0.0357. The summed E-state index contributed by atoms with van der Waals surface area (Å²) in [7, 11) is 2.12. The summed E-state index contributed by atoms with van der Waals surface area (Å²) >= 11 is 0. The number of nitrogens with zero attached hydrogens (tertiary/aromatic N) is 2. The molecule has 0 saturated carbocycles. The van der Waals surface area contributed by atoms with Gasteiger partial charge in [-0.3, -0.25) is 0 Å². The van der Waals surface area contributed by atoms with Gasteiger partial charge < -0.3 is 4.57 Å². The van der Waals surface area contributed by atoms with Gasteiger partial charge in [-0.2, -0.15) is 0 Å². The second-order valence-electron chi connectivity index (χ2n) is 7.75. The summed E-state index contributed by atoms with van der Waals surface area (Å²) in [5, 5.41) is 8.24. The third kappa shape index (κ3) is 2.54. The van der Waals surface area contributed by atoms with Crippen LogP contribution in [0.5, 0.6) is 0 Å². The van der Waals surface area contributed by atoms with E-state index >= 15 is 0 Å². The average molecular weight is 384 g/mol. The summed E-state index contributed by atoms with van der Waals surface area (Å²) in [6.45, 7) is 0. The normalized spacial score (nSPS) is 11.5. The van der Waals surface area contributed by atoms with Gasteiger partial charge in [0.2, 0.25) is 0 Å². The van der Waals surface area contributed by atoms with E-state index in [1.165, 1.54) is 32.6 Å². The van der Waals surface area contributed by atoms with Gasteiger partial charge in [0.05, 0.1) is 22.1 Å². The minimum absolute atomic E-state index is 1.00. The number of pyridine rings is 1. The average Bonchev–Trinajstić information content (AvgIpc) is 2.80. The van der Waals surface area contributed by atoms with Crippen molar-refractivity contribution in [3.8, 4) is 0 Å². The van der Waals surface area contributed by atoms with Crippen LogP contribution in [-0.2, 0) is 7.05 Å². The van der Waals surface area contributed by atoms with Gasteiger partial charge in [0.15, 0.2) is 0 Å². The molecule has 1 heterocycles. The molecule has 0 aliphatic rings. The Morgan fingerprint density at radius 3 is 1.80 bits per heavy atom. The maximum absolute atomic E-state index is 5.26. The lowest BCUT2D eigenvalue weighted by Gasteiger charge is -2.12. The second kappa shape index (κ2) is 6.57. The van der Waals surface area contributed by atoms with Crippen LogP contribution in [0.2, 0.25) is 0 Å². The van der Waals surface area contributed by atoms with E-state index in [0.29, 0.717) is 0 Å². The number of aromatic nitrogens is 1. The van der Waals surface area contributed by atoms with Gasteiger partial charge in [-0.25, -0.2) is 4.99 Å². The Hall–Kier alpha value is -3.91. The number of rotatable bonds is 1. The molecule has 142 valence electrons. The summed E-state index contributed by atoms with van der Waals surface area (Å²) in [6.07, 6.45) is 0. The van der Waals surface area contributed by atoms with Gasteiger partial charge in [-0.05, 0) is 46.5 Å². The maximum atomic E-state index is 5.26. The van der Waals surface area contributed by atoms with Crippen molar-refractivity contribution in [1.29, 1.82) is 0 Å². The quantitative estimate of drug-likeness (QED) is 0.275. The van der Waals surface area contributed by atoms with Crippen molar-refractivity contribution in [3.63, 3.8) is 0 Å². The van der Waals surface area contributed by atoms with E-state index in [0.717, 1.165) is 21.8 Å². The van der Waals surface area contributed by atoms with Gasteiger partial charge in [-0.1, -0.05) is 72.8 Å². The zero-order chi connectivity index (χ0) is 20.1. The van der Waals surface area contributed by atoms with E-state index in [-0.39, 0.29) is 0 Å². The Balaban J connectivity index is 1.78. The minimum atomic E-state index is 1.00. The number of fused-ring (bicyclic) bond motifs is 4. The number of benzene rings is 5. The summed E-state index contributed by atoms with van der Waals surface area (Å²) in [6, 6.07) is 36.4. The fourth-order valence-corrected chi connectivity index (χ4v) is 4.50. The summed E-state index contributed by atoms with van der Waals surface area (Å²) in [4.78, 5) is 5.26. The number of hydrogen-bond acceptors (Lipinski definition) is 1. The molecular formula is C28H20N2. The fourth-order valence-electron chi connectivity index (χ4n) is 4.50. The van der Waals surface area contributed by atoms with Gasteiger partial charge in [0.1, 0.15) is 0 Å². The van der Waals surface area contributed by atoms with Gasteiger partial charge in [0, 0.05) is 23.2 Å². The Bertz CT molecular complexity index is 1600. The third-order valence-corrected chi connectivity index (χ3v) is 6.00. The lowest BCUT2D eigenvalue weighted by molar-refractivity contribution is 1.00. The van der Waals surface area contributed by atoms with Gasteiger partial charge in [0.25, 0.3) is 0 Å². The minimum Gasteiger partial charge on any atom is -0.344 e. The molecule has 0 atom stereocenters. The van der Waals surface area contributed by atoms with Crippen molar-refractivity contribution in [3.05, 3.63) is 108 Å². The van der Waals surface area contributed by atoms with Crippen LogP contribution in [0.15, 0.2) is 108 Å². The predicted molar refractivity (Wildman–Crippen MR) is 127 cm³/mol. The molecule has 1 aromatic heterocycles. The Morgan fingerprint density at radius 1 is 0.533 bits per heavy atom. The highest BCUT2D eigenvalue weighted by atomic mass is 14.9. The zero-order valence-electron chi connectivity index (χ0n) is 16.7. The molecule has 6 rings (SSSR count). The van der Waals surface area contributed by atoms with Gasteiger partial charge in [-0.15, -0.1) is 0 Å². The van der Waals surface area contributed by atoms with E-state index in [4.69, 9.17) is 4.99 Å². The van der Waals surface area contributed by atoms with Crippen LogP contribution in [0.4, 0.5) is 5.69 Å². The first kappa shape index (κ1) is 17.0. The molecule has 30 heavy (non-hydrogen) atoms. The topological polar surface area (TPSA) is 17.3 Å². The van der Waals surface area contributed by atoms with Crippen molar-refractivity contribution < 1.29 is 0 Å². The molecule has 0 aliphatic carbocycles. The van der Waals surface area contributed by atoms with Crippen LogP contribution >= 0.6 is 0 Å². The van der Waals surface area contributed by atoms with E-state index in [2.05, 4.69) is 115 Å². The Morgan fingerprint density at radius 2 is 1.10 bits per heavy atom. The monoisotopic (exact) mass is 384 g/mol. The lowest BCUT2D eigenvalue weighted by Crippen LogP contribution is -2.10. The Labute approximate surface area is 174 Å². The van der Waals surface area contributed by atoms with Crippen LogP contribution < -0.4 is 5.36 Å². The van der Waals surface area contributed by atoms with E-state index in [9.17, 15) is 0 Å². The molecular weight excluding hydrogens is 364 g/mol. The SMILES string of the molecule is Cn1c2ccccc2c(=Nc2cccc3cc4ccccc4cc23)c2ccccc21. The molecule has 6 aromatic rings. The molecule has 0 saturated heterocycles. The highest BCUT2D eigenvalue weighted by molar-refractivity contribution is 6.03. The summed E-state index contributed by atoms with van der Waals surface area (Å²) in [5.41, 5.74) is 3.36. The molecule has 0 radical (unpaired) electrons. The highest BCUT2D eigenvalue weighted by Gasteiger charge is 2.08. The molecule has 0 aliphatic heterocycles. The van der Waals surface area contributed by atoms with Crippen LogP contribution in [0.1, 0.15) is 0 Å². The first-order valence-electron chi connectivity index (χ1n) is 10.2. The van der Waals surface area contributed by atoms with Crippen molar-refractivity contribution in [1.82, 2.24) is 4.57 Å². The zero-order valence-corrected chi connectivity index (χ0v) is 16.7. The molecule has 0 spiro atoms. The van der Waals surface area contributed by atoms with Crippen molar-refractivity contribution >= 4 is 49.0 Å². The van der Waals surface area contributed by atoms with Crippen LogP contribution in [-0.4, -0.2) is 4.57 Å². The maximum Gasteiger partial charge on any atom is 0.0823 e. The predicted octanol–water partition coefficient (Wildman–Crippen LogP) is 6.87. The van der Waals surface area contributed by atoms with Crippen LogP contribution in [0.3, 0.4) is 0 Å². The van der Waals surface area contributed by atoms with Crippen molar-refractivity contribution in [2.45, 2.75) is 0 Å². The molecule has 2 nitrogen and oxygen atoms in total. The van der Waals surface area contributed by atoms with Crippen LogP contribution in [0.25, 0.3) is 43.4 Å². The third-order valence-electron chi connectivity index (χ3n) is 6.00. The van der Waals surface area contributed by atoms with E-state index in [1.54, 1.807) is 0 Å². The first-order valence-corrected chi connectivity index (χ1v) is 10.2. The molecule has 0 bridgehead atoms. The molecule has 0 N–H and O–H groups in total. The number of aryl methyl sites for hydroxylation is 1.